The van der Waals surface area contributed by atoms with E-state index >= 15 is 0 Å². The Morgan fingerprint density at radius 1 is 1.38 bits per heavy atom. The van der Waals surface area contributed by atoms with Crippen LogP contribution in [0.4, 0.5) is 0 Å². The molecule has 26 heavy (non-hydrogen) atoms. The number of nitrogens with one attached hydrogen (secondary N) is 1. The number of thiophene rings is 1. The van der Waals surface area contributed by atoms with E-state index in [0.717, 1.165) is 29.8 Å². The Morgan fingerprint density at radius 2 is 2.19 bits per heavy atom. The lowest BCUT2D eigenvalue weighted by molar-refractivity contribution is 0.0938. The van der Waals surface area contributed by atoms with E-state index in [-0.39, 0.29) is 11.9 Å². The fourth-order valence-electron chi connectivity index (χ4n) is 3.67. The minimum Gasteiger partial charge on any atom is -0.350 e. The molecule has 1 N–H and O–H groups in total. The van der Waals surface area contributed by atoms with Gasteiger partial charge in [0.2, 0.25) is 0 Å². The van der Waals surface area contributed by atoms with Crippen LogP contribution in [0.25, 0.3) is 11.0 Å². The van der Waals surface area contributed by atoms with Gasteiger partial charge in [0.25, 0.3) is 5.91 Å². The number of likely N-dealkylation sites (tertiary alicyclic amines) is 1. The van der Waals surface area contributed by atoms with Crippen LogP contribution in [0.3, 0.4) is 0 Å². The van der Waals surface area contributed by atoms with Gasteiger partial charge in [-0.3, -0.25) is 14.4 Å². The van der Waals surface area contributed by atoms with Gasteiger partial charge in [-0.05, 0) is 50.4 Å². The van der Waals surface area contributed by atoms with E-state index in [4.69, 9.17) is 0 Å². The molecule has 3 aromatic rings. The van der Waals surface area contributed by atoms with Crippen molar-refractivity contribution in [1.82, 2.24) is 25.0 Å². The normalized spacial score (nSPS) is 16.2. The van der Waals surface area contributed by atoms with E-state index in [1.54, 1.807) is 22.2 Å². The van der Waals surface area contributed by atoms with Gasteiger partial charge in [0.15, 0.2) is 5.65 Å². The van der Waals surface area contributed by atoms with Gasteiger partial charge in [-0.25, -0.2) is 4.98 Å². The first-order valence-electron chi connectivity index (χ1n) is 8.98. The summed E-state index contributed by atoms with van der Waals surface area (Å²) in [6, 6.07) is 6.37. The Kier molecular flexibility index (Phi) is 4.74. The van der Waals surface area contributed by atoms with Crippen LogP contribution < -0.4 is 5.32 Å². The zero-order valence-corrected chi connectivity index (χ0v) is 15.9. The summed E-state index contributed by atoms with van der Waals surface area (Å²) in [6.45, 7) is 4.75. The number of amides is 1. The predicted octanol–water partition coefficient (Wildman–Crippen LogP) is 2.91. The minimum absolute atomic E-state index is 0.0802. The number of hydrogen-bond donors (Lipinski definition) is 1. The molecule has 1 atom stereocenters. The van der Waals surface area contributed by atoms with Crippen LogP contribution in [0.15, 0.2) is 29.8 Å². The first-order chi connectivity index (χ1) is 12.6. The molecule has 1 saturated heterocycles. The third kappa shape index (κ3) is 3.24. The standard InChI is InChI=1S/C19H23N5OS/c1-13-15-10-14(11-20-18(15)23(2)22-13)19(25)21-12-16(17-6-5-9-26-17)24-7-3-4-8-24/h5-6,9-11,16H,3-4,7-8,12H2,1-2H3,(H,21,25). The summed E-state index contributed by atoms with van der Waals surface area (Å²) in [6.07, 6.45) is 4.10. The van der Waals surface area contributed by atoms with E-state index < -0.39 is 0 Å². The molecule has 1 aliphatic heterocycles. The minimum atomic E-state index is -0.0802. The lowest BCUT2D eigenvalue weighted by atomic mass is 10.1. The number of rotatable bonds is 5. The zero-order valence-electron chi connectivity index (χ0n) is 15.1. The monoisotopic (exact) mass is 369 g/mol. The third-order valence-corrected chi connectivity index (χ3v) is 6.01. The topological polar surface area (TPSA) is 63.1 Å². The number of aromatic nitrogens is 3. The molecule has 4 heterocycles. The maximum Gasteiger partial charge on any atom is 0.252 e. The summed E-state index contributed by atoms with van der Waals surface area (Å²) in [7, 11) is 1.86. The average Bonchev–Trinajstić information content (AvgIpc) is 3.39. The number of carbonyl (C=O) groups excluding carboxylic acids is 1. The number of fused-ring (bicyclic) bond motifs is 1. The van der Waals surface area contributed by atoms with Crippen molar-refractivity contribution >= 4 is 28.3 Å². The summed E-state index contributed by atoms with van der Waals surface area (Å²) < 4.78 is 1.74. The lowest BCUT2D eigenvalue weighted by Gasteiger charge is -2.26. The summed E-state index contributed by atoms with van der Waals surface area (Å²) in [5, 5.41) is 10.5. The Bertz CT molecular complexity index is 912. The third-order valence-electron chi connectivity index (χ3n) is 5.03. The first-order valence-corrected chi connectivity index (χ1v) is 9.86. The Hall–Kier alpha value is -2.25. The summed E-state index contributed by atoms with van der Waals surface area (Å²) in [5.41, 5.74) is 2.27. The highest BCUT2D eigenvalue weighted by atomic mass is 32.1. The van der Waals surface area contributed by atoms with Crippen LogP contribution in [0.5, 0.6) is 0 Å². The van der Waals surface area contributed by atoms with Gasteiger partial charge in [0.1, 0.15) is 0 Å². The van der Waals surface area contributed by atoms with Gasteiger partial charge in [-0.15, -0.1) is 11.3 Å². The van der Waals surface area contributed by atoms with Crippen molar-refractivity contribution in [2.75, 3.05) is 19.6 Å². The van der Waals surface area contributed by atoms with Crippen LogP contribution in [0, 0.1) is 6.92 Å². The molecule has 0 aromatic carbocycles. The van der Waals surface area contributed by atoms with Crippen molar-refractivity contribution in [3.05, 3.63) is 45.9 Å². The molecular weight excluding hydrogens is 346 g/mol. The van der Waals surface area contributed by atoms with Crippen molar-refractivity contribution in [3.8, 4) is 0 Å². The molecular formula is C19H23N5OS. The maximum atomic E-state index is 12.7. The Balaban J connectivity index is 1.50. The molecule has 0 saturated carbocycles. The maximum absolute atomic E-state index is 12.7. The average molecular weight is 369 g/mol. The van der Waals surface area contributed by atoms with Gasteiger partial charge in [-0.2, -0.15) is 5.10 Å². The van der Waals surface area contributed by atoms with Crippen molar-refractivity contribution < 1.29 is 4.79 Å². The second kappa shape index (κ2) is 7.17. The molecule has 0 bridgehead atoms. The summed E-state index contributed by atoms with van der Waals surface area (Å²) in [4.78, 5) is 20.9. The fraction of sp³-hybridized carbons (Fsp3) is 0.421. The number of pyridine rings is 1. The van der Waals surface area contributed by atoms with Crippen molar-refractivity contribution in [3.63, 3.8) is 0 Å². The number of carbonyl (C=O) groups is 1. The molecule has 7 heteroatoms. The Morgan fingerprint density at radius 3 is 2.92 bits per heavy atom. The van der Waals surface area contributed by atoms with E-state index in [2.05, 4.69) is 37.8 Å². The van der Waals surface area contributed by atoms with Gasteiger partial charge < -0.3 is 5.32 Å². The second-order valence-corrected chi connectivity index (χ2v) is 7.77. The quantitative estimate of drug-likeness (QED) is 0.751. The first kappa shape index (κ1) is 17.2. The molecule has 0 radical (unpaired) electrons. The largest absolute Gasteiger partial charge is 0.350 e. The van der Waals surface area contributed by atoms with Crippen LogP contribution in [-0.2, 0) is 7.05 Å². The molecule has 1 fully saturated rings. The number of hydrogen-bond acceptors (Lipinski definition) is 5. The van der Waals surface area contributed by atoms with Crippen LogP contribution in [0.2, 0.25) is 0 Å². The molecule has 1 amide bonds. The molecule has 0 aliphatic carbocycles. The summed E-state index contributed by atoms with van der Waals surface area (Å²) in [5.74, 6) is -0.0802. The van der Waals surface area contributed by atoms with Crippen molar-refractivity contribution in [1.29, 1.82) is 0 Å². The molecule has 1 aliphatic rings. The molecule has 136 valence electrons. The van der Waals surface area contributed by atoms with E-state index in [0.29, 0.717) is 12.1 Å². The van der Waals surface area contributed by atoms with Crippen molar-refractivity contribution in [2.45, 2.75) is 25.8 Å². The number of nitrogens with zero attached hydrogens (tertiary/aromatic N) is 4. The van der Waals surface area contributed by atoms with Crippen LogP contribution in [-0.4, -0.2) is 45.2 Å². The molecule has 6 nitrogen and oxygen atoms in total. The smallest absolute Gasteiger partial charge is 0.252 e. The highest BCUT2D eigenvalue weighted by molar-refractivity contribution is 7.10. The van der Waals surface area contributed by atoms with E-state index in [1.807, 2.05) is 20.0 Å². The molecule has 3 aromatic heterocycles. The van der Waals surface area contributed by atoms with Gasteiger partial charge >= 0.3 is 0 Å². The zero-order chi connectivity index (χ0) is 18.1. The lowest BCUT2D eigenvalue weighted by Crippen LogP contribution is -2.36. The molecule has 1 unspecified atom stereocenters. The van der Waals surface area contributed by atoms with Gasteiger partial charge in [-0.1, -0.05) is 6.07 Å². The SMILES string of the molecule is Cc1nn(C)c2ncc(C(=O)NCC(c3cccs3)N3CCCC3)cc12. The number of aryl methyl sites for hydroxylation is 2. The highest BCUT2D eigenvalue weighted by Gasteiger charge is 2.25. The highest BCUT2D eigenvalue weighted by Crippen LogP contribution is 2.28. The molecule has 4 rings (SSSR count). The van der Waals surface area contributed by atoms with Crippen LogP contribution >= 0.6 is 11.3 Å². The molecule has 0 spiro atoms. The van der Waals surface area contributed by atoms with E-state index in [9.17, 15) is 4.79 Å². The van der Waals surface area contributed by atoms with E-state index in [1.165, 1.54) is 17.7 Å². The Labute approximate surface area is 156 Å². The van der Waals surface area contributed by atoms with Gasteiger partial charge in [0, 0.05) is 30.1 Å². The van der Waals surface area contributed by atoms with Gasteiger partial charge in [0.05, 0.1) is 17.3 Å². The summed E-state index contributed by atoms with van der Waals surface area (Å²) >= 11 is 1.76. The predicted molar refractivity (Wildman–Crippen MR) is 103 cm³/mol. The van der Waals surface area contributed by atoms with Crippen molar-refractivity contribution in [2.24, 2.45) is 7.05 Å². The van der Waals surface area contributed by atoms with Crippen LogP contribution in [0.1, 0.15) is 39.8 Å². The second-order valence-electron chi connectivity index (χ2n) is 6.79. The fourth-order valence-corrected chi connectivity index (χ4v) is 4.53.